The van der Waals surface area contributed by atoms with Crippen LogP contribution in [0.5, 0.6) is 0 Å². The van der Waals surface area contributed by atoms with Crippen LogP contribution in [-0.4, -0.2) is 16.9 Å². The molecule has 1 aliphatic rings. The van der Waals surface area contributed by atoms with Crippen molar-refractivity contribution in [2.45, 2.75) is 29.1 Å². The molecule has 3 aromatic rings. The molecular formula is C24H21N3O4S2. The summed E-state index contributed by atoms with van der Waals surface area (Å²) in [6.45, 7) is 4.20. The van der Waals surface area contributed by atoms with Crippen LogP contribution < -0.4 is 4.90 Å². The highest BCUT2D eigenvalue weighted by Gasteiger charge is 2.41. The highest BCUT2D eigenvalue weighted by Crippen LogP contribution is 2.55. The predicted molar refractivity (Wildman–Crippen MR) is 133 cm³/mol. The number of benzene rings is 3. The summed E-state index contributed by atoms with van der Waals surface area (Å²) in [6.07, 6.45) is 0. The molecule has 0 saturated heterocycles. The average molecular weight is 480 g/mol. The fourth-order valence-electron chi connectivity index (χ4n) is 4.06. The Morgan fingerprint density at radius 3 is 1.73 bits per heavy atom. The minimum Gasteiger partial charge on any atom is -0.346 e. The fourth-order valence-corrected chi connectivity index (χ4v) is 6.93. The first-order chi connectivity index (χ1) is 15.7. The number of thioether (sulfide) groups is 2. The number of hydrogen-bond donors (Lipinski definition) is 0. The van der Waals surface area contributed by atoms with E-state index in [-0.39, 0.29) is 11.4 Å². The summed E-state index contributed by atoms with van der Waals surface area (Å²) in [6, 6.07) is 21.2. The van der Waals surface area contributed by atoms with Crippen molar-refractivity contribution in [1.82, 2.24) is 0 Å². The van der Waals surface area contributed by atoms with E-state index < -0.39 is 15.3 Å². The molecule has 0 radical (unpaired) electrons. The molecule has 4 rings (SSSR count). The Bertz CT molecular complexity index is 1230. The number of para-hydroxylation sites is 3. The number of fused-ring (bicyclic) bond motifs is 1. The molecule has 0 unspecified atom stereocenters. The molecule has 9 heteroatoms. The van der Waals surface area contributed by atoms with Crippen molar-refractivity contribution in [2.24, 2.45) is 0 Å². The van der Waals surface area contributed by atoms with Crippen LogP contribution in [0.25, 0.3) is 0 Å². The van der Waals surface area contributed by atoms with Gasteiger partial charge in [0.15, 0.2) is 0 Å². The number of nitrogens with zero attached hydrogens (tertiary/aromatic N) is 3. The lowest BCUT2D eigenvalue weighted by molar-refractivity contribution is -0.387. The Morgan fingerprint density at radius 2 is 1.24 bits per heavy atom. The molecule has 3 aromatic carbocycles. The summed E-state index contributed by atoms with van der Waals surface area (Å²) < 4.78 is 0.752. The molecule has 7 nitrogen and oxygen atoms in total. The summed E-state index contributed by atoms with van der Waals surface area (Å²) in [4.78, 5) is 25.6. The van der Waals surface area contributed by atoms with E-state index in [9.17, 15) is 20.2 Å². The van der Waals surface area contributed by atoms with Crippen molar-refractivity contribution >= 4 is 40.6 Å². The Labute approximate surface area is 199 Å². The first-order valence-electron chi connectivity index (χ1n) is 10.1. The van der Waals surface area contributed by atoms with E-state index in [1.165, 1.54) is 35.7 Å². The second-order valence-electron chi connectivity index (χ2n) is 7.99. The standard InChI is InChI=1S/C24H21N3O4S2/c1-24(2)16-10-4-5-11-17(16)25(3)22(24)23(32-20-14-8-6-12-18(20)26(28)29)33-21-15-9-7-13-19(21)27(30)31/h4-15H,1-3H3. The van der Waals surface area contributed by atoms with Crippen LogP contribution in [0.15, 0.2) is 92.5 Å². The number of allylic oxidation sites excluding steroid dienone is 1. The monoisotopic (exact) mass is 479 g/mol. The Balaban J connectivity index is 1.92. The van der Waals surface area contributed by atoms with Crippen LogP contribution in [0.2, 0.25) is 0 Å². The molecule has 0 N–H and O–H groups in total. The van der Waals surface area contributed by atoms with Gasteiger partial charge in [0.1, 0.15) is 0 Å². The lowest BCUT2D eigenvalue weighted by atomic mass is 9.84. The molecule has 0 spiro atoms. The van der Waals surface area contributed by atoms with Gasteiger partial charge in [-0.15, -0.1) is 0 Å². The van der Waals surface area contributed by atoms with E-state index in [2.05, 4.69) is 24.8 Å². The van der Waals surface area contributed by atoms with Crippen molar-refractivity contribution in [3.05, 3.63) is 109 Å². The van der Waals surface area contributed by atoms with E-state index in [0.717, 1.165) is 21.2 Å². The maximum absolute atomic E-state index is 11.7. The SMILES string of the molecule is CN1C(=C(Sc2ccccc2[N+](=O)[O-])Sc2ccccc2[N+](=O)[O-])C(C)(C)c2ccccc21. The highest BCUT2D eigenvalue weighted by atomic mass is 32.2. The normalized spacial score (nSPS) is 14.2. The predicted octanol–water partition coefficient (Wildman–Crippen LogP) is 6.98. The van der Waals surface area contributed by atoms with Gasteiger partial charge >= 0.3 is 0 Å². The second-order valence-corrected chi connectivity index (χ2v) is 10.4. The number of nitro groups is 2. The van der Waals surface area contributed by atoms with Crippen molar-refractivity contribution in [3.63, 3.8) is 0 Å². The van der Waals surface area contributed by atoms with Crippen LogP contribution in [0, 0.1) is 20.2 Å². The lowest BCUT2D eigenvalue weighted by Gasteiger charge is -2.27. The van der Waals surface area contributed by atoms with Crippen LogP contribution in [0.3, 0.4) is 0 Å². The van der Waals surface area contributed by atoms with Gasteiger partial charge in [0.05, 0.1) is 23.9 Å². The highest BCUT2D eigenvalue weighted by molar-refractivity contribution is 8.22. The number of likely N-dealkylation sites (N-methyl/N-ethyl adjacent to an activating group) is 1. The molecule has 0 fully saturated rings. The number of hydrogen-bond acceptors (Lipinski definition) is 7. The molecule has 0 aliphatic carbocycles. The summed E-state index contributed by atoms with van der Waals surface area (Å²) in [5.74, 6) is 0. The quantitative estimate of drug-likeness (QED) is 0.214. The maximum atomic E-state index is 11.7. The summed E-state index contributed by atoms with van der Waals surface area (Å²) >= 11 is 2.54. The molecule has 0 amide bonds. The largest absolute Gasteiger partial charge is 0.346 e. The van der Waals surface area contributed by atoms with Crippen molar-refractivity contribution in [1.29, 1.82) is 0 Å². The van der Waals surface area contributed by atoms with Crippen molar-refractivity contribution in [2.75, 3.05) is 11.9 Å². The zero-order chi connectivity index (χ0) is 23.8. The smallest absolute Gasteiger partial charge is 0.283 e. The Kier molecular flexibility index (Phi) is 6.18. The van der Waals surface area contributed by atoms with Crippen molar-refractivity contribution in [3.8, 4) is 0 Å². The van der Waals surface area contributed by atoms with Crippen LogP contribution in [0.1, 0.15) is 19.4 Å². The summed E-state index contributed by atoms with van der Waals surface area (Å²) in [5, 5.41) is 23.3. The maximum Gasteiger partial charge on any atom is 0.283 e. The number of nitro benzene ring substituents is 2. The Morgan fingerprint density at radius 1 is 0.788 bits per heavy atom. The van der Waals surface area contributed by atoms with Gasteiger partial charge in [-0.3, -0.25) is 20.2 Å². The summed E-state index contributed by atoms with van der Waals surface area (Å²) in [7, 11) is 1.96. The minimum atomic E-state index is -0.409. The minimum absolute atomic E-state index is 0.000248. The molecular weight excluding hydrogens is 458 g/mol. The van der Waals surface area contributed by atoms with Crippen LogP contribution in [-0.2, 0) is 5.41 Å². The molecule has 33 heavy (non-hydrogen) atoms. The van der Waals surface area contributed by atoms with Gasteiger partial charge in [-0.05, 0) is 23.8 Å². The molecule has 0 saturated carbocycles. The summed E-state index contributed by atoms with van der Waals surface area (Å²) in [5.41, 5.74) is 2.70. The van der Waals surface area contributed by atoms with Gasteiger partial charge < -0.3 is 4.90 Å². The van der Waals surface area contributed by atoms with Gasteiger partial charge in [-0.2, -0.15) is 0 Å². The zero-order valence-electron chi connectivity index (χ0n) is 18.2. The van der Waals surface area contributed by atoms with Gasteiger partial charge in [0.2, 0.25) is 0 Å². The van der Waals surface area contributed by atoms with E-state index in [1.807, 2.05) is 25.2 Å². The van der Waals surface area contributed by atoms with Gasteiger partial charge in [0.25, 0.3) is 11.4 Å². The molecule has 0 atom stereocenters. The molecule has 1 heterocycles. The molecule has 0 aromatic heterocycles. The topological polar surface area (TPSA) is 89.5 Å². The first-order valence-corrected chi connectivity index (χ1v) is 11.8. The molecule has 1 aliphatic heterocycles. The number of anilines is 1. The van der Waals surface area contributed by atoms with E-state index >= 15 is 0 Å². The third kappa shape index (κ3) is 4.21. The lowest BCUT2D eigenvalue weighted by Crippen LogP contribution is -2.24. The first kappa shape index (κ1) is 22.9. The zero-order valence-corrected chi connectivity index (χ0v) is 19.9. The van der Waals surface area contributed by atoms with E-state index in [4.69, 9.17) is 0 Å². The second kappa shape index (κ2) is 8.92. The van der Waals surface area contributed by atoms with Gasteiger partial charge in [-0.1, -0.05) is 79.8 Å². The van der Waals surface area contributed by atoms with E-state index in [0.29, 0.717) is 9.79 Å². The van der Waals surface area contributed by atoms with Crippen LogP contribution in [0.4, 0.5) is 17.1 Å². The Hall–Kier alpha value is -3.30. The van der Waals surface area contributed by atoms with Crippen molar-refractivity contribution < 1.29 is 9.85 Å². The number of rotatable bonds is 6. The molecule has 168 valence electrons. The average Bonchev–Trinajstić information content (AvgIpc) is 2.99. The third-order valence-corrected chi connectivity index (χ3v) is 7.98. The van der Waals surface area contributed by atoms with E-state index in [1.54, 1.807) is 36.4 Å². The third-order valence-electron chi connectivity index (χ3n) is 5.59. The van der Waals surface area contributed by atoms with Crippen LogP contribution >= 0.6 is 23.5 Å². The van der Waals surface area contributed by atoms with Gasteiger partial charge in [0, 0.05) is 36.0 Å². The molecule has 0 bridgehead atoms. The fraction of sp³-hybridized carbons (Fsp3) is 0.167. The van der Waals surface area contributed by atoms with Gasteiger partial charge in [-0.25, -0.2) is 0 Å².